The van der Waals surface area contributed by atoms with Crippen LogP contribution >= 0.6 is 22.9 Å². The van der Waals surface area contributed by atoms with Crippen LogP contribution in [0.5, 0.6) is 0 Å². The number of aromatic nitrogens is 2. The standard InChI is InChI=1S/C10H16ClN3OS/c1-3-8-6-15-7(2)4-14(8)5-9-12-13-10(11)16-9/h7-8H,3-6H2,1-2H3. The molecule has 1 aliphatic rings. The number of nitrogens with zero attached hydrogens (tertiary/aromatic N) is 3. The van der Waals surface area contributed by atoms with Crippen LogP contribution in [0.1, 0.15) is 25.3 Å². The molecule has 0 N–H and O–H groups in total. The van der Waals surface area contributed by atoms with E-state index in [9.17, 15) is 0 Å². The number of hydrogen-bond donors (Lipinski definition) is 0. The van der Waals surface area contributed by atoms with Gasteiger partial charge in [0.2, 0.25) is 4.47 Å². The van der Waals surface area contributed by atoms with Crippen molar-refractivity contribution in [2.24, 2.45) is 0 Å². The molecule has 0 saturated carbocycles. The van der Waals surface area contributed by atoms with Gasteiger partial charge in [0.1, 0.15) is 5.01 Å². The van der Waals surface area contributed by atoms with Gasteiger partial charge in [0.15, 0.2) is 0 Å². The zero-order chi connectivity index (χ0) is 11.5. The Morgan fingerprint density at radius 2 is 2.38 bits per heavy atom. The van der Waals surface area contributed by atoms with Gasteiger partial charge in [-0.15, -0.1) is 10.2 Å². The van der Waals surface area contributed by atoms with Crippen molar-refractivity contribution in [3.05, 3.63) is 9.47 Å². The third-order valence-corrected chi connectivity index (χ3v) is 3.84. The number of rotatable bonds is 3. The van der Waals surface area contributed by atoms with Gasteiger partial charge < -0.3 is 4.74 Å². The largest absolute Gasteiger partial charge is 0.376 e. The first-order chi connectivity index (χ1) is 7.69. The molecule has 2 atom stereocenters. The lowest BCUT2D eigenvalue weighted by molar-refractivity contribution is -0.0592. The highest BCUT2D eigenvalue weighted by Crippen LogP contribution is 2.21. The molecule has 1 saturated heterocycles. The fourth-order valence-electron chi connectivity index (χ4n) is 1.95. The minimum absolute atomic E-state index is 0.297. The van der Waals surface area contributed by atoms with Crippen LogP contribution in [0, 0.1) is 0 Å². The van der Waals surface area contributed by atoms with Gasteiger partial charge >= 0.3 is 0 Å². The van der Waals surface area contributed by atoms with Gasteiger partial charge in [-0.2, -0.15) is 0 Å². The Balaban J connectivity index is 2.00. The lowest BCUT2D eigenvalue weighted by atomic mass is 10.1. The Morgan fingerprint density at radius 3 is 3.00 bits per heavy atom. The molecule has 2 rings (SSSR count). The second kappa shape index (κ2) is 5.40. The number of ether oxygens (including phenoxy) is 1. The van der Waals surface area contributed by atoms with Crippen LogP contribution in [-0.2, 0) is 11.3 Å². The minimum Gasteiger partial charge on any atom is -0.376 e. The zero-order valence-corrected chi connectivity index (χ0v) is 11.1. The summed E-state index contributed by atoms with van der Waals surface area (Å²) in [6, 6.07) is 0.485. The lowest BCUT2D eigenvalue weighted by Crippen LogP contribution is -2.47. The van der Waals surface area contributed by atoms with Gasteiger partial charge in [0.05, 0.1) is 19.3 Å². The summed E-state index contributed by atoms with van der Waals surface area (Å²) in [5.74, 6) is 0. The van der Waals surface area contributed by atoms with E-state index in [1.165, 1.54) is 11.3 Å². The van der Waals surface area contributed by atoms with Crippen LogP contribution in [0.2, 0.25) is 4.47 Å². The van der Waals surface area contributed by atoms with Crippen LogP contribution in [0.15, 0.2) is 0 Å². The third-order valence-electron chi connectivity index (χ3n) is 2.83. The van der Waals surface area contributed by atoms with Gasteiger partial charge in [-0.3, -0.25) is 4.90 Å². The molecule has 2 heterocycles. The monoisotopic (exact) mass is 261 g/mol. The van der Waals surface area contributed by atoms with E-state index >= 15 is 0 Å². The third kappa shape index (κ3) is 2.91. The molecule has 1 aromatic rings. The molecule has 90 valence electrons. The summed E-state index contributed by atoms with van der Waals surface area (Å²) in [7, 11) is 0. The van der Waals surface area contributed by atoms with Gasteiger partial charge in [-0.25, -0.2) is 0 Å². The summed E-state index contributed by atoms with van der Waals surface area (Å²) in [6.07, 6.45) is 1.39. The maximum absolute atomic E-state index is 5.78. The highest BCUT2D eigenvalue weighted by atomic mass is 35.5. The highest BCUT2D eigenvalue weighted by Gasteiger charge is 2.26. The van der Waals surface area contributed by atoms with Crippen molar-refractivity contribution in [3.63, 3.8) is 0 Å². The normalized spacial score (nSPS) is 27.2. The first-order valence-electron chi connectivity index (χ1n) is 5.52. The Labute approximate surface area is 105 Å². The van der Waals surface area contributed by atoms with Crippen molar-refractivity contribution in [1.29, 1.82) is 0 Å². The molecular weight excluding hydrogens is 246 g/mol. The SMILES string of the molecule is CCC1COC(C)CN1Cc1nnc(Cl)s1. The summed E-state index contributed by atoms with van der Waals surface area (Å²) < 4.78 is 6.17. The first kappa shape index (κ1) is 12.2. The molecule has 1 fully saturated rings. The number of halogens is 1. The van der Waals surface area contributed by atoms with Crippen molar-refractivity contribution in [3.8, 4) is 0 Å². The van der Waals surface area contributed by atoms with Crippen molar-refractivity contribution in [2.45, 2.75) is 39.0 Å². The zero-order valence-electron chi connectivity index (χ0n) is 9.52. The van der Waals surface area contributed by atoms with Crippen LogP contribution in [-0.4, -0.2) is 40.4 Å². The van der Waals surface area contributed by atoms with Gasteiger partial charge in [0, 0.05) is 12.6 Å². The van der Waals surface area contributed by atoms with Gasteiger partial charge in [-0.1, -0.05) is 18.3 Å². The molecule has 1 aliphatic heterocycles. The predicted octanol–water partition coefficient (Wildman–Crippen LogP) is 2.19. The second-order valence-electron chi connectivity index (χ2n) is 4.08. The predicted molar refractivity (Wildman–Crippen MR) is 64.8 cm³/mol. The topological polar surface area (TPSA) is 38.2 Å². The molecular formula is C10H16ClN3OS. The molecule has 0 aliphatic carbocycles. The smallest absolute Gasteiger partial charge is 0.207 e. The first-order valence-corrected chi connectivity index (χ1v) is 6.72. The Hall–Kier alpha value is -0.230. The molecule has 0 radical (unpaired) electrons. The Morgan fingerprint density at radius 1 is 1.56 bits per heavy atom. The van der Waals surface area contributed by atoms with E-state index in [1.807, 2.05) is 0 Å². The molecule has 0 bridgehead atoms. The van der Waals surface area contributed by atoms with E-state index in [0.717, 1.165) is 31.1 Å². The fraction of sp³-hybridized carbons (Fsp3) is 0.800. The molecule has 16 heavy (non-hydrogen) atoms. The molecule has 2 unspecified atom stereocenters. The summed E-state index contributed by atoms with van der Waals surface area (Å²) in [6.45, 7) is 6.88. The van der Waals surface area contributed by atoms with Crippen molar-refractivity contribution >= 4 is 22.9 Å². The van der Waals surface area contributed by atoms with Gasteiger partial charge in [-0.05, 0) is 24.9 Å². The van der Waals surface area contributed by atoms with E-state index in [1.54, 1.807) is 0 Å². The van der Waals surface area contributed by atoms with Crippen LogP contribution in [0.4, 0.5) is 0 Å². The second-order valence-corrected chi connectivity index (χ2v) is 5.73. The Bertz CT molecular complexity index is 347. The van der Waals surface area contributed by atoms with E-state index < -0.39 is 0 Å². The quantitative estimate of drug-likeness (QED) is 0.836. The molecule has 0 spiro atoms. The van der Waals surface area contributed by atoms with E-state index in [2.05, 4.69) is 28.9 Å². The summed E-state index contributed by atoms with van der Waals surface area (Å²) in [4.78, 5) is 2.41. The molecule has 0 aromatic carbocycles. The summed E-state index contributed by atoms with van der Waals surface area (Å²) in [5, 5.41) is 8.87. The van der Waals surface area contributed by atoms with E-state index in [-0.39, 0.29) is 0 Å². The lowest BCUT2D eigenvalue weighted by Gasteiger charge is -2.37. The van der Waals surface area contributed by atoms with Crippen molar-refractivity contribution < 1.29 is 4.74 Å². The summed E-state index contributed by atoms with van der Waals surface area (Å²) in [5.41, 5.74) is 0. The van der Waals surface area contributed by atoms with Crippen molar-refractivity contribution in [2.75, 3.05) is 13.2 Å². The van der Waals surface area contributed by atoms with Gasteiger partial charge in [0.25, 0.3) is 0 Å². The average molecular weight is 262 g/mol. The molecule has 0 amide bonds. The highest BCUT2D eigenvalue weighted by molar-refractivity contribution is 7.15. The average Bonchev–Trinajstić information content (AvgIpc) is 2.64. The number of hydrogen-bond acceptors (Lipinski definition) is 5. The van der Waals surface area contributed by atoms with E-state index in [0.29, 0.717) is 16.6 Å². The Kier molecular flexibility index (Phi) is 4.13. The maximum Gasteiger partial charge on any atom is 0.207 e. The fourth-order valence-corrected chi connectivity index (χ4v) is 2.85. The van der Waals surface area contributed by atoms with Crippen LogP contribution in [0.25, 0.3) is 0 Å². The molecule has 4 nitrogen and oxygen atoms in total. The van der Waals surface area contributed by atoms with E-state index in [4.69, 9.17) is 16.3 Å². The van der Waals surface area contributed by atoms with Crippen LogP contribution in [0.3, 0.4) is 0 Å². The van der Waals surface area contributed by atoms with Crippen molar-refractivity contribution in [1.82, 2.24) is 15.1 Å². The number of morpholine rings is 1. The molecule has 1 aromatic heterocycles. The molecule has 6 heteroatoms. The summed E-state index contributed by atoms with van der Waals surface area (Å²) >= 11 is 7.23. The minimum atomic E-state index is 0.297. The maximum atomic E-state index is 5.78. The van der Waals surface area contributed by atoms with Crippen LogP contribution < -0.4 is 0 Å².